The summed E-state index contributed by atoms with van der Waals surface area (Å²) in [5, 5.41) is 6.37. The van der Waals surface area contributed by atoms with Crippen molar-refractivity contribution in [2.75, 3.05) is 18.6 Å². The first-order valence-electron chi connectivity index (χ1n) is 6.72. The molecular formula is C14H21N3O2S. The monoisotopic (exact) mass is 295 g/mol. The molecule has 2 N–H and O–H groups in total. The maximum Gasteiger partial charge on any atom is 0.191 e. The summed E-state index contributed by atoms with van der Waals surface area (Å²) in [4.78, 5) is 4.13. The molecule has 0 aromatic heterocycles. The molecular weight excluding hydrogens is 274 g/mol. The normalized spacial score (nSPS) is 21.7. The van der Waals surface area contributed by atoms with Crippen molar-refractivity contribution in [3.63, 3.8) is 0 Å². The van der Waals surface area contributed by atoms with E-state index in [1.807, 2.05) is 0 Å². The largest absolute Gasteiger partial charge is 0.353 e. The minimum absolute atomic E-state index is 0.0378. The van der Waals surface area contributed by atoms with Crippen molar-refractivity contribution >= 4 is 15.8 Å². The van der Waals surface area contributed by atoms with Gasteiger partial charge in [0.25, 0.3) is 0 Å². The molecule has 6 heteroatoms. The maximum absolute atomic E-state index is 11.4. The fourth-order valence-electron chi connectivity index (χ4n) is 2.19. The molecule has 5 nitrogen and oxygen atoms in total. The quantitative estimate of drug-likeness (QED) is 0.640. The lowest BCUT2D eigenvalue weighted by atomic mass is 10.1. The molecule has 0 bridgehead atoms. The van der Waals surface area contributed by atoms with E-state index in [2.05, 4.69) is 46.8 Å². The van der Waals surface area contributed by atoms with E-state index in [1.165, 1.54) is 5.56 Å². The first-order chi connectivity index (χ1) is 9.48. The van der Waals surface area contributed by atoms with Gasteiger partial charge >= 0.3 is 0 Å². The Kier molecular flexibility index (Phi) is 4.65. The second-order valence-electron chi connectivity index (χ2n) is 5.16. The van der Waals surface area contributed by atoms with Gasteiger partial charge in [0.15, 0.2) is 15.8 Å². The van der Waals surface area contributed by atoms with Crippen LogP contribution in [0.15, 0.2) is 29.3 Å². The number of nitrogens with zero attached hydrogens (tertiary/aromatic N) is 1. The molecule has 1 atom stereocenters. The Bertz CT molecular complexity index is 579. The van der Waals surface area contributed by atoms with E-state index in [-0.39, 0.29) is 17.5 Å². The standard InChI is InChI=1S/C14H21N3O2S/c1-11-3-5-12(6-4-11)9-16-14(15-2)17-13-7-8-20(18,19)10-13/h3-6,13H,7-10H2,1-2H3,(H2,15,16,17). The highest BCUT2D eigenvalue weighted by molar-refractivity contribution is 7.91. The summed E-state index contributed by atoms with van der Waals surface area (Å²) >= 11 is 0. The molecule has 0 radical (unpaired) electrons. The van der Waals surface area contributed by atoms with Gasteiger partial charge in [0.05, 0.1) is 11.5 Å². The maximum atomic E-state index is 11.4. The zero-order chi connectivity index (χ0) is 14.6. The number of sulfone groups is 1. The van der Waals surface area contributed by atoms with Crippen molar-refractivity contribution in [1.82, 2.24) is 10.6 Å². The van der Waals surface area contributed by atoms with Crippen LogP contribution in [0.1, 0.15) is 17.5 Å². The van der Waals surface area contributed by atoms with E-state index in [0.29, 0.717) is 18.9 Å². The SMILES string of the molecule is CN=C(NCc1ccc(C)cc1)NC1CCS(=O)(=O)C1. The topological polar surface area (TPSA) is 70.6 Å². The number of benzene rings is 1. The van der Waals surface area contributed by atoms with E-state index < -0.39 is 9.84 Å². The molecule has 1 aliphatic rings. The van der Waals surface area contributed by atoms with Crippen LogP contribution in [0.25, 0.3) is 0 Å². The van der Waals surface area contributed by atoms with Gasteiger partial charge < -0.3 is 10.6 Å². The lowest BCUT2D eigenvalue weighted by Gasteiger charge is -2.16. The van der Waals surface area contributed by atoms with Gasteiger partial charge in [-0.3, -0.25) is 4.99 Å². The van der Waals surface area contributed by atoms with Gasteiger partial charge in [-0.25, -0.2) is 8.42 Å². The van der Waals surface area contributed by atoms with Gasteiger partial charge in [-0.15, -0.1) is 0 Å². The van der Waals surface area contributed by atoms with E-state index in [9.17, 15) is 8.42 Å². The summed E-state index contributed by atoms with van der Waals surface area (Å²) in [7, 11) is -1.18. The molecule has 110 valence electrons. The minimum atomic E-state index is -2.87. The highest BCUT2D eigenvalue weighted by Gasteiger charge is 2.28. The lowest BCUT2D eigenvalue weighted by Crippen LogP contribution is -2.43. The van der Waals surface area contributed by atoms with Crippen LogP contribution in [0.5, 0.6) is 0 Å². The zero-order valence-electron chi connectivity index (χ0n) is 11.9. The molecule has 1 saturated heterocycles. The molecule has 2 rings (SSSR count). The van der Waals surface area contributed by atoms with Crippen LogP contribution in [-0.2, 0) is 16.4 Å². The summed E-state index contributed by atoms with van der Waals surface area (Å²) < 4.78 is 22.8. The van der Waals surface area contributed by atoms with E-state index in [1.54, 1.807) is 7.05 Å². The Morgan fingerprint density at radius 1 is 1.35 bits per heavy atom. The van der Waals surface area contributed by atoms with Crippen LogP contribution in [-0.4, -0.2) is 39.0 Å². The first kappa shape index (κ1) is 14.8. The average Bonchev–Trinajstić information content (AvgIpc) is 2.75. The summed E-state index contributed by atoms with van der Waals surface area (Å²) in [5.41, 5.74) is 2.39. The van der Waals surface area contributed by atoms with E-state index in [0.717, 1.165) is 5.56 Å². The van der Waals surface area contributed by atoms with Crippen molar-refractivity contribution < 1.29 is 8.42 Å². The van der Waals surface area contributed by atoms with Crippen molar-refractivity contribution in [2.45, 2.75) is 25.9 Å². The van der Waals surface area contributed by atoms with E-state index >= 15 is 0 Å². The molecule has 0 amide bonds. The molecule has 0 aliphatic carbocycles. The van der Waals surface area contributed by atoms with Crippen LogP contribution in [0, 0.1) is 6.92 Å². The first-order valence-corrected chi connectivity index (χ1v) is 8.54. The average molecular weight is 295 g/mol. The summed E-state index contributed by atoms with van der Waals surface area (Å²) in [6.07, 6.45) is 0.646. The minimum Gasteiger partial charge on any atom is -0.353 e. The molecule has 20 heavy (non-hydrogen) atoms. The van der Waals surface area contributed by atoms with E-state index in [4.69, 9.17) is 0 Å². The molecule has 0 saturated carbocycles. The van der Waals surface area contributed by atoms with Crippen molar-refractivity contribution in [1.29, 1.82) is 0 Å². The third-order valence-corrected chi connectivity index (χ3v) is 5.15. The second-order valence-corrected chi connectivity index (χ2v) is 7.38. The number of hydrogen-bond acceptors (Lipinski definition) is 3. The molecule has 1 aliphatic heterocycles. The smallest absolute Gasteiger partial charge is 0.191 e. The number of aliphatic imine (C=N–C) groups is 1. The van der Waals surface area contributed by atoms with Crippen LogP contribution in [0.3, 0.4) is 0 Å². The van der Waals surface area contributed by atoms with Gasteiger partial charge in [-0.1, -0.05) is 29.8 Å². The molecule has 1 aromatic carbocycles. The molecule has 1 fully saturated rings. The predicted molar refractivity (Wildman–Crippen MR) is 81.6 cm³/mol. The van der Waals surface area contributed by atoms with Crippen molar-refractivity contribution in [3.05, 3.63) is 35.4 Å². The van der Waals surface area contributed by atoms with Gasteiger partial charge in [0.2, 0.25) is 0 Å². The number of guanidine groups is 1. The second kappa shape index (κ2) is 6.26. The Morgan fingerprint density at radius 2 is 2.05 bits per heavy atom. The zero-order valence-corrected chi connectivity index (χ0v) is 12.7. The fourth-order valence-corrected chi connectivity index (χ4v) is 3.86. The summed E-state index contributed by atoms with van der Waals surface area (Å²) in [5.74, 6) is 1.10. The number of aryl methyl sites for hydroxylation is 1. The number of nitrogens with one attached hydrogen (secondary N) is 2. The fraction of sp³-hybridized carbons (Fsp3) is 0.500. The molecule has 1 heterocycles. The summed E-state index contributed by atoms with van der Waals surface area (Å²) in [6, 6.07) is 8.22. The molecule has 0 spiro atoms. The van der Waals surface area contributed by atoms with Crippen molar-refractivity contribution in [2.24, 2.45) is 4.99 Å². The predicted octanol–water partition coefficient (Wildman–Crippen LogP) is 0.847. The van der Waals surface area contributed by atoms with Gasteiger partial charge in [-0.2, -0.15) is 0 Å². The molecule has 1 unspecified atom stereocenters. The van der Waals surface area contributed by atoms with Crippen LogP contribution in [0.2, 0.25) is 0 Å². The van der Waals surface area contributed by atoms with Gasteiger partial charge in [-0.05, 0) is 18.9 Å². The summed E-state index contributed by atoms with van der Waals surface area (Å²) in [6.45, 7) is 2.72. The third-order valence-electron chi connectivity index (χ3n) is 3.38. The van der Waals surface area contributed by atoms with Crippen LogP contribution >= 0.6 is 0 Å². The van der Waals surface area contributed by atoms with Crippen LogP contribution < -0.4 is 10.6 Å². The van der Waals surface area contributed by atoms with Crippen LogP contribution in [0.4, 0.5) is 0 Å². The Morgan fingerprint density at radius 3 is 2.60 bits per heavy atom. The van der Waals surface area contributed by atoms with Gasteiger partial charge in [0, 0.05) is 19.6 Å². The Hall–Kier alpha value is -1.56. The third kappa shape index (κ3) is 4.23. The van der Waals surface area contributed by atoms with Crippen molar-refractivity contribution in [3.8, 4) is 0 Å². The highest BCUT2D eigenvalue weighted by atomic mass is 32.2. The van der Waals surface area contributed by atoms with Gasteiger partial charge in [0.1, 0.15) is 0 Å². The lowest BCUT2D eigenvalue weighted by molar-refractivity contribution is 0.599. The highest BCUT2D eigenvalue weighted by Crippen LogP contribution is 2.11. The Labute approximate surface area is 120 Å². The number of rotatable bonds is 3. The Balaban J connectivity index is 1.86. The number of hydrogen-bond donors (Lipinski definition) is 2. The molecule has 1 aromatic rings.